The molecule has 2 atom stereocenters. The van der Waals surface area contributed by atoms with Gasteiger partial charge in [0.15, 0.2) is 0 Å². The number of rotatable bonds is 7. The Morgan fingerprint density at radius 3 is 2.50 bits per heavy atom. The number of carbonyl (C=O) groups excluding carboxylic acids is 1. The number of alkyl carbamates (subject to hydrolysis) is 1. The summed E-state index contributed by atoms with van der Waals surface area (Å²) in [5.74, 6) is 0.208. The van der Waals surface area contributed by atoms with E-state index in [-0.39, 0.29) is 17.6 Å². The number of nitro groups is 1. The van der Waals surface area contributed by atoms with E-state index >= 15 is 0 Å². The van der Waals surface area contributed by atoms with Gasteiger partial charge in [0.1, 0.15) is 11.3 Å². The topological polar surface area (TPSA) is 112 Å². The second-order valence-electron chi connectivity index (χ2n) is 7.77. The highest BCUT2D eigenvalue weighted by atomic mass is 16.6. The molecule has 1 heterocycles. The Morgan fingerprint density at radius 1 is 1.32 bits per heavy atom. The van der Waals surface area contributed by atoms with Gasteiger partial charge in [-0.2, -0.15) is 0 Å². The van der Waals surface area contributed by atoms with Crippen molar-refractivity contribution in [2.75, 3.05) is 0 Å². The zero-order valence-electron chi connectivity index (χ0n) is 16.9. The van der Waals surface area contributed by atoms with Crippen LogP contribution in [0.15, 0.2) is 30.5 Å². The van der Waals surface area contributed by atoms with E-state index in [9.17, 15) is 14.9 Å². The first-order chi connectivity index (χ1) is 13.1. The van der Waals surface area contributed by atoms with Crippen LogP contribution in [0.5, 0.6) is 0 Å². The molecule has 9 heteroatoms. The summed E-state index contributed by atoms with van der Waals surface area (Å²) >= 11 is 0. The molecule has 1 N–H and O–H groups in total. The molecule has 1 amide bonds. The minimum atomic E-state index is -0.569. The van der Waals surface area contributed by atoms with Crippen molar-refractivity contribution < 1.29 is 14.5 Å². The van der Waals surface area contributed by atoms with Crippen LogP contribution in [0.1, 0.15) is 41.0 Å². The lowest BCUT2D eigenvalue weighted by atomic mass is 9.99. The zero-order valence-corrected chi connectivity index (χ0v) is 16.9. The van der Waals surface area contributed by atoms with E-state index in [0.717, 1.165) is 12.0 Å². The summed E-state index contributed by atoms with van der Waals surface area (Å²) in [6.07, 6.45) is 2.17. The molecule has 0 aliphatic carbocycles. The molecule has 0 aliphatic heterocycles. The molecule has 0 fully saturated rings. The Balaban J connectivity index is 2.10. The van der Waals surface area contributed by atoms with Crippen molar-refractivity contribution in [3.8, 4) is 11.3 Å². The van der Waals surface area contributed by atoms with Crippen molar-refractivity contribution in [1.29, 1.82) is 0 Å². The number of nitrogens with one attached hydrogen (secondary N) is 1. The third-order valence-corrected chi connectivity index (χ3v) is 4.33. The number of carbonyl (C=O) groups is 1. The van der Waals surface area contributed by atoms with Gasteiger partial charge in [-0.3, -0.25) is 10.1 Å². The van der Waals surface area contributed by atoms with E-state index in [4.69, 9.17) is 4.74 Å². The normalized spacial score (nSPS) is 13.6. The third-order valence-electron chi connectivity index (χ3n) is 4.33. The molecule has 152 valence electrons. The van der Waals surface area contributed by atoms with Crippen LogP contribution < -0.4 is 5.32 Å². The molecule has 0 spiro atoms. The van der Waals surface area contributed by atoms with Crippen LogP contribution in [0.2, 0.25) is 0 Å². The van der Waals surface area contributed by atoms with Crippen LogP contribution >= 0.6 is 0 Å². The monoisotopic (exact) mass is 389 g/mol. The van der Waals surface area contributed by atoms with Crippen molar-refractivity contribution in [2.45, 2.75) is 59.2 Å². The zero-order chi connectivity index (χ0) is 20.9. The van der Waals surface area contributed by atoms with E-state index in [0.29, 0.717) is 12.2 Å². The Labute approximate surface area is 164 Å². The second-order valence-corrected chi connectivity index (χ2v) is 7.77. The van der Waals surface area contributed by atoms with E-state index in [1.165, 1.54) is 12.1 Å². The molecule has 2 rings (SSSR count). The summed E-state index contributed by atoms with van der Waals surface area (Å²) < 4.78 is 7.01. The summed E-state index contributed by atoms with van der Waals surface area (Å²) in [6.45, 7) is 10.00. The van der Waals surface area contributed by atoms with Crippen LogP contribution in [0.4, 0.5) is 10.5 Å². The number of nitrogens with zero attached hydrogens (tertiary/aromatic N) is 4. The van der Waals surface area contributed by atoms with Crippen molar-refractivity contribution in [3.05, 3.63) is 40.6 Å². The second kappa shape index (κ2) is 8.81. The number of amides is 1. The van der Waals surface area contributed by atoms with Gasteiger partial charge >= 0.3 is 6.09 Å². The van der Waals surface area contributed by atoms with Gasteiger partial charge < -0.3 is 10.1 Å². The molecule has 1 aromatic carbocycles. The van der Waals surface area contributed by atoms with Gasteiger partial charge in [0, 0.05) is 17.7 Å². The van der Waals surface area contributed by atoms with Gasteiger partial charge in [-0.25, -0.2) is 9.48 Å². The first-order valence-corrected chi connectivity index (χ1v) is 9.23. The Hall–Kier alpha value is -2.97. The maximum absolute atomic E-state index is 12.2. The molecule has 0 unspecified atom stereocenters. The van der Waals surface area contributed by atoms with Crippen LogP contribution in [0.25, 0.3) is 11.3 Å². The molecule has 2 aromatic rings. The van der Waals surface area contributed by atoms with E-state index < -0.39 is 16.6 Å². The molecule has 1 aromatic heterocycles. The fraction of sp³-hybridized carbons (Fsp3) is 0.526. The lowest BCUT2D eigenvalue weighted by Gasteiger charge is -2.26. The van der Waals surface area contributed by atoms with E-state index in [1.54, 1.807) is 23.0 Å². The molecule has 0 saturated carbocycles. The predicted octanol–water partition coefficient (Wildman–Crippen LogP) is 3.79. The van der Waals surface area contributed by atoms with Gasteiger partial charge in [-0.1, -0.05) is 25.5 Å². The summed E-state index contributed by atoms with van der Waals surface area (Å²) in [4.78, 5) is 22.5. The number of aromatic nitrogens is 3. The summed E-state index contributed by atoms with van der Waals surface area (Å²) in [5.41, 5.74) is 0.794. The van der Waals surface area contributed by atoms with E-state index in [1.807, 2.05) is 20.8 Å². The van der Waals surface area contributed by atoms with Gasteiger partial charge in [-0.15, -0.1) is 5.10 Å². The van der Waals surface area contributed by atoms with Gasteiger partial charge in [-0.05, 0) is 38.8 Å². The largest absolute Gasteiger partial charge is 0.444 e. The standard InChI is InChI=1S/C19H27N5O4/c1-6-13(2)16(20-18(25)28-19(3,4)5)11-23-12-17(21-22-23)14-7-9-15(10-8-14)24(26)27/h7-10,12-13,16H,6,11H2,1-5H3,(H,20,25)/t13-,16-/m0/s1. The summed E-state index contributed by atoms with van der Waals surface area (Å²) in [7, 11) is 0. The average molecular weight is 389 g/mol. The third kappa shape index (κ3) is 6.04. The summed E-state index contributed by atoms with van der Waals surface area (Å²) in [5, 5.41) is 22.0. The molecule has 0 aliphatic rings. The Kier molecular flexibility index (Phi) is 6.71. The lowest BCUT2D eigenvalue weighted by molar-refractivity contribution is -0.384. The SMILES string of the molecule is CC[C@H](C)[C@H](Cn1cc(-c2ccc([N+](=O)[O-])cc2)nn1)NC(=O)OC(C)(C)C. The van der Waals surface area contributed by atoms with Gasteiger partial charge in [0.25, 0.3) is 5.69 Å². The predicted molar refractivity (Wildman–Crippen MR) is 105 cm³/mol. The highest BCUT2D eigenvalue weighted by molar-refractivity contribution is 5.68. The first kappa shape index (κ1) is 21.3. The Morgan fingerprint density at radius 2 is 1.96 bits per heavy atom. The summed E-state index contributed by atoms with van der Waals surface area (Å²) in [6, 6.07) is 5.96. The van der Waals surface area contributed by atoms with Gasteiger partial charge in [0.2, 0.25) is 0 Å². The van der Waals surface area contributed by atoms with Crippen LogP contribution in [0, 0.1) is 16.0 Å². The van der Waals surface area contributed by atoms with Crippen LogP contribution in [-0.2, 0) is 11.3 Å². The van der Waals surface area contributed by atoms with E-state index in [2.05, 4.69) is 29.5 Å². The smallest absolute Gasteiger partial charge is 0.407 e. The fourth-order valence-corrected chi connectivity index (χ4v) is 2.59. The quantitative estimate of drug-likeness (QED) is 0.569. The minimum Gasteiger partial charge on any atom is -0.444 e. The first-order valence-electron chi connectivity index (χ1n) is 9.23. The van der Waals surface area contributed by atoms with Crippen molar-refractivity contribution in [3.63, 3.8) is 0 Å². The maximum atomic E-state index is 12.2. The van der Waals surface area contributed by atoms with Crippen LogP contribution in [-0.4, -0.2) is 37.7 Å². The highest BCUT2D eigenvalue weighted by Crippen LogP contribution is 2.20. The molecular formula is C19H27N5O4. The van der Waals surface area contributed by atoms with Crippen molar-refractivity contribution in [2.24, 2.45) is 5.92 Å². The number of nitro benzene ring substituents is 1. The highest BCUT2D eigenvalue weighted by Gasteiger charge is 2.23. The molecule has 0 bridgehead atoms. The van der Waals surface area contributed by atoms with Crippen molar-refractivity contribution >= 4 is 11.8 Å². The number of non-ortho nitro benzene ring substituents is 1. The molecular weight excluding hydrogens is 362 g/mol. The molecule has 28 heavy (non-hydrogen) atoms. The molecule has 9 nitrogen and oxygen atoms in total. The molecule has 0 radical (unpaired) electrons. The minimum absolute atomic E-state index is 0.0227. The van der Waals surface area contributed by atoms with Crippen molar-refractivity contribution in [1.82, 2.24) is 20.3 Å². The van der Waals surface area contributed by atoms with Gasteiger partial charge in [0.05, 0.1) is 23.7 Å². The number of hydrogen-bond acceptors (Lipinski definition) is 6. The Bertz CT molecular complexity index is 810. The molecule has 0 saturated heterocycles. The number of ether oxygens (including phenoxy) is 1. The number of benzene rings is 1. The maximum Gasteiger partial charge on any atom is 0.407 e. The average Bonchev–Trinajstić information content (AvgIpc) is 3.07. The lowest BCUT2D eigenvalue weighted by Crippen LogP contribution is -2.44. The fourth-order valence-electron chi connectivity index (χ4n) is 2.59. The van der Waals surface area contributed by atoms with Crippen LogP contribution in [0.3, 0.4) is 0 Å². The number of hydrogen-bond donors (Lipinski definition) is 1.